The third-order valence-electron chi connectivity index (χ3n) is 5.72. The molecule has 30 heavy (non-hydrogen) atoms. The molecule has 0 saturated carbocycles. The van der Waals surface area contributed by atoms with Crippen molar-refractivity contribution in [2.24, 2.45) is 0 Å². The maximum absolute atomic E-state index is 13.4. The zero-order valence-corrected chi connectivity index (χ0v) is 17.8. The molecule has 1 aliphatic heterocycles. The van der Waals surface area contributed by atoms with Crippen LogP contribution in [0.1, 0.15) is 45.4 Å². The number of hydrogen-bond donors (Lipinski definition) is 0. The molecule has 0 bridgehead atoms. The molecular formula is C27H26N2O. The highest BCUT2D eigenvalue weighted by atomic mass is 16.1. The molecule has 150 valence electrons. The third-order valence-corrected chi connectivity index (χ3v) is 5.72. The van der Waals surface area contributed by atoms with Gasteiger partial charge in [-0.15, -0.1) is 0 Å². The van der Waals surface area contributed by atoms with Gasteiger partial charge in [-0.2, -0.15) is 0 Å². The summed E-state index contributed by atoms with van der Waals surface area (Å²) in [6, 6.07) is 20.1. The van der Waals surface area contributed by atoms with Crippen LogP contribution in [-0.4, -0.2) is 10.8 Å². The van der Waals surface area contributed by atoms with Crippen molar-refractivity contribution < 1.29 is 4.79 Å². The second-order valence-corrected chi connectivity index (χ2v) is 7.77. The number of aryl methyl sites for hydroxylation is 3. The fourth-order valence-corrected chi connectivity index (χ4v) is 3.78. The number of aromatic nitrogens is 1. The summed E-state index contributed by atoms with van der Waals surface area (Å²) in [7, 11) is 0. The number of rotatable bonds is 5. The standard InChI is InChI=1S/C27H26N2O/c1-5-22-9-8-10-23(28-22)16-29-17-25(20(4)24-11-6-7-12-26(24)29)27(30)21-14-13-18(2)19(3)15-21/h6-15,17H,4-5,16H2,1-3H3. The lowest BCUT2D eigenvalue weighted by molar-refractivity contribution is 0.103. The van der Waals surface area contributed by atoms with Gasteiger partial charge in [-0.05, 0) is 61.2 Å². The zero-order valence-electron chi connectivity index (χ0n) is 17.8. The maximum Gasteiger partial charge on any atom is 0.195 e. The van der Waals surface area contributed by atoms with Crippen LogP contribution in [0.5, 0.6) is 0 Å². The average Bonchev–Trinajstić information content (AvgIpc) is 2.77. The molecule has 1 aromatic heterocycles. The molecule has 1 aliphatic rings. The van der Waals surface area contributed by atoms with Gasteiger partial charge in [-0.25, -0.2) is 0 Å². The van der Waals surface area contributed by atoms with Gasteiger partial charge in [0.1, 0.15) is 0 Å². The van der Waals surface area contributed by atoms with Crippen LogP contribution in [0.15, 0.2) is 79.0 Å². The predicted octanol–water partition coefficient (Wildman–Crippen LogP) is 6.06. The van der Waals surface area contributed by atoms with Gasteiger partial charge in [0.05, 0.1) is 12.2 Å². The van der Waals surface area contributed by atoms with E-state index in [9.17, 15) is 4.79 Å². The summed E-state index contributed by atoms with van der Waals surface area (Å²) in [6.45, 7) is 11.0. The minimum atomic E-state index is -0.00197. The Hall–Kier alpha value is -3.46. The molecule has 0 saturated heterocycles. The van der Waals surface area contributed by atoms with E-state index in [1.54, 1.807) is 0 Å². The Morgan fingerprint density at radius 3 is 2.50 bits per heavy atom. The Morgan fingerprint density at radius 1 is 0.967 bits per heavy atom. The van der Waals surface area contributed by atoms with Crippen molar-refractivity contribution in [2.75, 3.05) is 4.90 Å². The highest BCUT2D eigenvalue weighted by molar-refractivity contribution is 6.20. The number of nitrogens with zero attached hydrogens (tertiary/aromatic N) is 2. The van der Waals surface area contributed by atoms with Crippen LogP contribution in [-0.2, 0) is 13.0 Å². The lowest BCUT2D eigenvalue weighted by atomic mass is 9.89. The number of pyridine rings is 1. The topological polar surface area (TPSA) is 33.2 Å². The number of ketones is 1. The van der Waals surface area contributed by atoms with Crippen LogP contribution in [0, 0.1) is 13.8 Å². The van der Waals surface area contributed by atoms with E-state index >= 15 is 0 Å². The predicted molar refractivity (Wildman–Crippen MR) is 124 cm³/mol. The molecule has 2 aromatic carbocycles. The van der Waals surface area contributed by atoms with Gasteiger partial charge in [-0.1, -0.05) is 49.9 Å². The largest absolute Gasteiger partial charge is 0.341 e. The number of allylic oxidation sites excluding steroid dienone is 2. The fourth-order valence-electron chi connectivity index (χ4n) is 3.78. The van der Waals surface area contributed by atoms with Crippen LogP contribution >= 0.6 is 0 Å². The van der Waals surface area contributed by atoms with E-state index in [0.29, 0.717) is 17.7 Å². The van der Waals surface area contributed by atoms with Crippen molar-refractivity contribution in [2.45, 2.75) is 33.7 Å². The van der Waals surface area contributed by atoms with Crippen LogP contribution in [0.4, 0.5) is 5.69 Å². The number of para-hydroxylation sites is 1. The Labute approximate surface area is 178 Å². The van der Waals surface area contributed by atoms with E-state index in [4.69, 9.17) is 4.98 Å². The van der Waals surface area contributed by atoms with E-state index in [2.05, 4.69) is 31.4 Å². The lowest BCUT2D eigenvalue weighted by Gasteiger charge is -2.30. The zero-order chi connectivity index (χ0) is 21.3. The fraction of sp³-hybridized carbons (Fsp3) is 0.185. The molecule has 3 nitrogen and oxygen atoms in total. The number of anilines is 1. The van der Waals surface area contributed by atoms with E-state index in [-0.39, 0.29) is 5.78 Å². The number of benzene rings is 2. The van der Waals surface area contributed by atoms with Crippen molar-refractivity contribution in [3.8, 4) is 0 Å². The smallest absolute Gasteiger partial charge is 0.195 e. The molecule has 0 atom stereocenters. The molecule has 4 rings (SSSR count). The van der Waals surface area contributed by atoms with Gasteiger partial charge in [0.2, 0.25) is 0 Å². The van der Waals surface area contributed by atoms with Gasteiger partial charge in [0, 0.05) is 34.3 Å². The summed E-state index contributed by atoms with van der Waals surface area (Å²) >= 11 is 0. The van der Waals surface area contributed by atoms with Crippen LogP contribution < -0.4 is 4.90 Å². The minimum Gasteiger partial charge on any atom is -0.341 e. The Balaban J connectivity index is 1.75. The third kappa shape index (κ3) is 3.71. The van der Waals surface area contributed by atoms with Gasteiger partial charge in [0.25, 0.3) is 0 Å². The van der Waals surface area contributed by atoms with Crippen molar-refractivity contribution >= 4 is 17.0 Å². The van der Waals surface area contributed by atoms with E-state index in [1.165, 1.54) is 5.56 Å². The summed E-state index contributed by atoms with van der Waals surface area (Å²) in [5.41, 5.74) is 8.45. The molecule has 2 heterocycles. The SMILES string of the molecule is C=C1C(C(=O)c2ccc(C)c(C)c2)=CN(Cc2cccc(CC)n2)c2ccccc21. The molecule has 0 unspecified atom stereocenters. The summed E-state index contributed by atoms with van der Waals surface area (Å²) < 4.78 is 0. The summed E-state index contributed by atoms with van der Waals surface area (Å²) in [4.78, 5) is 20.3. The Bertz CT molecular complexity index is 1170. The first-order valence-corrected chi connectivity index (χ1v) is 10.3. The molecule has 0 aliphatic carbocycles. The van der Waals surface area contributed by atoms with Crippen molar-refractivity contribution in [1.29, 1.82) is 0 Å². The summed E-state index contributed by atoms with van der Waals surface area (Å²) in [5.74, 6) is -0.00197. The molecule has 0 radical (unpaired) electrons. The van der Waals surface area contributed by atoms with E-state index < -0.39 is 0 Å². The highest BCUT2D eigenvalue weighted by Crippen LogP contribution is 2.38. The van der Waals surface area contributed by atoms with Crippen LogP contribution in [0.25, 0.3) is 5.57 Å². The monoisotopic (exact) mass is 394 g/mol. The average molecular weight is 395 g/mol. The van der Waals surface area contributed by atoms with Crippen LogP contribution in [0.2, 0.25) is 0 Å². The molecular weight excluding hydrogens is 368 g/mol. The summed E-state index contributed by atoms with van der Waals surface area (Å²) in [5, 5.41) is 0. The van der Waals surface area contributed by atoms with Gasteiger partial charge < -0.3 is 4.90 Å². The maximum atomic E-state index is 13.4. The summed E-state index contributed by atoms with van der Waals surface area (Å²) in [6.07, 6.45) is 2.83. The molecule has 0 spiro atoms. The minimum absolute atomic E-state index is 0.00197. The molecule has 3 aromatic rings. The number of carbonyl (C=O) groups is 1. The highest BCUT2D eigenvalue weighted by Gasteiger charge is 2.26. The first-order chi connectivity index (χ1) is 14.5. The normalized spacial score (nSPS) is 13.1. The molecule has 0 N–H and O–H groups in total. The first-order valence-electron chi connectivity index (χ1n) is 10.3. The number of Topliss-reactive ketones (excluding diaryl/α,β-unsaturated/α-hetero) is 1. The van der Waals surface area contributed by atoms with Crippen molar-refractivity contribution in [3.05, 3.63) is 113 Å². The number of carbonyl (C=O) groups excluding carboxylic acids is 1. The Morgan fingerprint density at radius 2 is 1.73 bits per heavy atom. The number of hydrogen-bond acceptors (Lipinski definition) is 3. The van der Waals surface area contributed by atoms with E-state index in [0.717, 1.165) is 40.2 Å². The Kier molecular flexibility index (Phi) is 5.37. The number of fused-ring (bicyclic) bond motifs is 1. The second kappa shape index (κ2) is 8.11. The molecule has 0 amide bonds. The van der Waals surface area contributed by atoms with Gasteiger partial charge in [-0.3, -0.25) is 9.78 Å². The molecule has 0 fully saturated rings. The van der Waals surface area contributed by atoms with Gasteiger partial charge >= 0.3 is 0 Å². The molecule has 3 heteroatoms. The lowest BCUT2D eigenvalue weighted by Crippen LogP contribution is -2.24. The van der Waals surface area contributed by atoms with Crippen molar-refractivity contribution in [3.63, 3.8) is 0 Å². The first kappa shape index (κ1) is 19.8. The quantitative estimate of drug-likeness (QED) is 0.493. The second-order valence-electron chi connectivity index (χ2n) is 7.77. The van der Waals surface area contributed by atoms with E-state index in [1.807, 2.05) is 67.7 Å². The van der Waals surface area contributed by atoms with Crippen LogP contribution in [0.3, 0.4) is 0 Å². The van der Waals surface area contributed by atoms with Crippen molar-refractivity contribution in [1.82, 2.24) is 4.98 Å². The van der Waals surface area contributed by atoms with Gasteiger partial charge in [0.15, 0.2) is 5.78 Å².